The Kier molecular flexibility index (Phi) is 3.16. The molecule has 0 amide bonds. The number of aromatic amines is 1. The number of thioether (sulfide) groups is 1. The van der Waals surface area contributed by atoms with Crippen molar-refractivity contribution in [2.24, 2.45) is 0 Å². The fourth-order valence-corrected chi connectivity index (χ4v) is 2.38. The van der Waals surface area contributed by atoms with Crippen LogP contribution >= 0.6 is 11.8 Å². The minimum absolute atomic E-state index is 0.880. The standard InChI is InChI=1S/C11H14N2OS/c1-3-4-15-11-6-8(14-2)5-10-9(11)7-12-13-10/h5-7H,3-4H2,1-2H3,(H,12,13). The van der Waals surface area contributed by atoms with Crippen molar-refractivity contribution in [3.63, 3.8) is 0 Å². The molecule has 0 saturated heterocycles. The van der Waals surface area contributed by atoms with Crippen molar-refractivity contribution in [1.82, 2.24) is 10.2 Å². The Morgan fingerprint density at radius 1 is 1.47 bits per heavy atom. The smallest absolute Gasteiger partial charge is 0.122 e. The van der Waals surface area contributed by atoms with Gasteiger partial charge >= 0.3 is 0 Å². The maximum Gasteiger partial charge on any atom is 0.122 e. The minimum Gasteiger partial charge on any atom is -0.497 e. The van der Waals surface area contributed by atoms with Crippen LogP contribution in [0.3, 0.4) is 0 Å². The fraction of sp³-hybridized carbons (Fsp3) is 0.364. The number of aromatic nitrogens is 2. The van der Waals surface area contributed by atoms with E-state index in [-0.39, 0.29) is 0 Å². The zero-order chi connectivity index (χ0) is 10.7. The van der Waals surface area contributed by atoms with Crippen LogP contribution in [0.5, 0.6) is 5.75 Å². The van der Waals surface area contributed by atoms with Crippen molar-refractivity contribution in [3.8, 4) is 5.75 Å². The second-order valence-electron chi connectivity index (χ2n) is 3.31. The van der Waals surface area contributed by atoms with Crippen molar-refractivity contribution >= 4 is 22.7 Å². The van der Waals surface area contributed by atoms with Gasteiger partial charge in [-0.05, 0) is 18.2 Å². The zero-order valence-corrected chi connectivity index (χ0v) is 9.73. The van der Waals surface area contributed by atoms with Crippen LogP contribution in [0.1, 0.15) is 13.3 Å². The van der Waals surface area contributed by atoms with E-state index in [0.717, 1.165) is 17.0 Å². The first-order valence-corrected chi connectivity index (χ1v) is 5.97. The van der Waals surface area contributed by atoms with Crippen molar-refractivity contribution in [1.29, 1.82) is 0 Å². The van der Waals surface area contributed by atoms with Gasteiger partial charge in [0.15, 0.2) is 0 Å². The molecule has 0 aliphatic rings. The summed E-state index contributed by atoms with van der Waals surface area (Å²) < 4.78 is 5.25. The lowest BCUT2D eigenvalue weighted by Crippen LogP contribution is -1.85. The first kappa shape index (κ1) is 10.4. The predicted molar refractivity (Wildman–Crippen MR) is 63.7 cm³/mol. The Hall–Kier alpha value is -1.16. The summed E-state index contributed by atoms with van der Waals surface area (Å²) in [5.41, 5.74) is 1.04. The van der Waals surface area contributed by atoms with Gasteiger partial charge in [-0.1, -0.05) is 6.92 Å². The van der Waals surface area contributed by atoms with Gasteiger partial charge in [0.05, 0.1) is 18.8 Å². The molecule has 1 aromatic heterocycles. The predicted octanol–water partition coefficient (Wildman–Crippen LogP) is 3.07. The molecule has 0 bridgehead atoms. The van der Waals surface area contributed by atoms with Gasteiger partial charge in [-0.25, -0.2) is 0 Å². The van der Waals surface area contributed by atoms with Crippen molar-refractivity contribution < 1.29 is 4.74 Å². The Bertz CT molecular complexity index is 453. The average Bonchev–Trinajstić information content (AvgIpc) is 2.73. The second-order valence-corrected chi connectivity index (χ2v) is 4.44. The highest BCUT2D eigenvalue weighted by Crippen LogP contribution is 2.31. The molecule has 0 aliphatic heterocycles. The highest BCUT2D eigenvalue weighted by Gasteiger charge is 2.06. The number of H-pyrrole nitrogens is 1. The monoisotopic (exact) mass is 222 g/mol. The van der Waals surface area contributed by atoms with E-state index in [1.54, 1.807) is 7.11 Å². The lowest BCUT2D eigenvalue weighted by atomic mass is 10.2. The number of hydrogen-bond acceptors (Lipinski definition) is 3. The molecule has 0 aliphatic carbocycles. The average molecular weight is 222 g/mol. The number of rotatable bonds is 4. The van der Waals surface area contributed by atoms with Gasteiger partial charge in [0, 0.05) is 16.3 Å². The summed E-state index contributed by atoms with van der Waals surface area (Å²) in [6.45, 7) is 2.18. The summed E-state index contributed by atoms with van der Waals surface area (Å²) in [6.07, 6.45) is 3.04. The van der Waals surface area contributed by atoms with Gasteiger partial charge in [0.25, 0.3) is 0 Å². The highest BCUT2D eigenvalue weighted by molar-refractivity contribution is 7.99. The lowest BCUT2D eigenvalue weighted by molar-refractivity contribution is 0.414. The molecule has 2 aromatic rings. The molecule has 0 spiro atoms. The number of nitrogens with zero attached hydrogens (tertiary/aromatic N) is 1. The molecule has 15 heavy (non-hydrogen) atoms. The summed E-state index contributed by atoms with van der Waals surface area (Å²) >= 11 is 1.84. The molecule has 0 atom stereocenters. The number of nitrogens with one attached hydrogen (secondary N) is 1. The Morgan fingerprint density at radius 2 is 2.33 bits per heavy atom. The number of methoxy groups -OCH3 is 1. The topological polar surface area (TPSA) is 37.9 Å². The van der Waals surface area contributed by atoms with Crippen LogP contribution in [-0.2, 0) is 0 Å². The van der Waals surface area contributed by atoms with E-state index in [2.05, 4.69) is 23.2 Å². The molecule has 1 heterocycles. The first-order valence-electron chi connectivity index (χ1n) is 4.99. The second kappa shape index (κ2) is 4.57. The van der Waals surface area contributed by atoms with Gasteiger partial charge in [-0.15, -0.1) is 11.8 Å². The Labute approximate surface area is 93.2 Å². The SMILES string of the molecule is CCCSc1cc(OC)cc2[nH]ncc12. The molecule has 0 saturated carbocycles. The third kappa shape index (κ3) is 2.09. The lowest BCUT2D eigenvalue weighted by Gasteiger charge is -2.05. The van der Waals surface area contributed by atoms with E-state index < -0.39 is 0 Å². The molecule has 0 fully saturated rings. The van der Waals surface area contributed by atoms with E-state index in [0.29, 0.717) is 0 Å². The maximum atomic E-state index is 5.25. The van der Waals surface area contributed by atoms with E-state index in [4.69, 9.17) is 4.74 Å². The van der Waals surface area contributed by atoms with Gasteiger partial charge in [0.1, 0.15) is 5.75 Å². The van der Waals surface area contributed by atoms with E-state index in [1.165, 1.54) is 16.7 Å². The molecule has 3 nitrogen and oxygen atoms in total. The van der Waals surface area contributed by atoms with Crippen LogP contribution in [0.25, 0.3) is 10.9 Å². The van der Waals surface area contributed by atoms with Crippen LogP contribution in [-0.4, -0.2) is 23.1 Å². The number of ether oxygens (including phenoxy) is 1. The molecular weight excluding hydrogens is 208 g/mol. The van der Waals surface area contributed by atoms with E-state index >= 15 is 0 Å². The zero-order valence-electron chi connectivity index (χ0n) is 8.91. The number of benzene rings is 1. The van der Waals surface area contributed by atoms with Crippen LogP contribution in [0.4, 0.5) is 0 Å². The third-order valence-electron chi connectivity index (χ3n) is 2.19. The van der Waals surface area contributed by atoms with Gasteiger partial charge in [-0.3, -0.25) is 5.10 Å². The maximum absolute atomic E-state index is 5.25. The molecule has 80 valence electrons. The van der Waals surface area contributed by atoms with Crippen LogP contribution in [0.15, 0.2) is 23.2 Å². The Balaban J connectivity index is 2.43. The first-order chi connectivity index (χ1) is 7.35. The highest BCUT2D eigenvalue weighted by atomic mass is 32.2. The van der Waals surface area contributed by atoms with Gasteiger partial charge in [-0.2, -0.15) is 5.10 Å². The quantitative estimate of drug-likeness (QED) is 0.808. The molecule has 1 N–H and O–H groups in total. The summed E-state index contributed by atoms with van der Waals surface area (Å²) in [5.74, 6) is 2.00. The summed E-state index contributed by atoms with van der Waals surface area (Å²) in [6, 6.07) is 4.04. The molecule has 0 unspecified atom stereocenters. The van der Waals surface area contributed by atoms with E-state index in [9.17, 15) is 0 Å². The fourth-order valence-electron chi connectivity index (χ4n) is 1.44. The third-order valence-corrected chi connectivity index (χ3v) is 3.45. The molecule has 1 aromatic carbocycles. The van der Waals surface area contributed by atoms with Crippen LogP contribution < -0.4 is 4.74 Å². The largest absolute Gasteiger partial charge is 0.497 e. The molecule has 0 radical (unpaired) electrons. The van der Waals surface area contributed by atoms with Crippen LogP contribution in [0, 0.1) is 0 Å². The molecule has 4 heteroatoms. The van der Waals surface area contributed by atoms with Crippen molar-refractivity contribution in [3.05, 3.63) is 18.3 Å². The van der Waals surface area contributed by atoms with E-state index in [1.807, 2.05) is 24.0 Å². The normalized spacial score (nSPS) is 10.8. The van der Waals surface area contributed by atoms with Crippen LogP contribution in [0.2, 0.25) is 0 Å². The van der Waals surface area contributed by atoms with Gasteiger partial charge in [0.2, 0.25) is 0 Å². The Morgan fingerprint density at radius 3 is 3.07 bits per heavy atom. The molecular formula is C11H14N2OS. The van der Waals surface area contributed by atoms with Crippen molar-refractivity contribution in [2.45, 2.75) is 18.2 Å². The number of fused-ring (bicyclic) bond motifs is 1. The number of hydrogen-bond donors (Lipinski definition) is 1. The van der Waals surface area contributed by atoms with Gasteiger partial charge < -0.3 is 4.74 Å². The summed E-state index contributed by atoms with van der Waals surface area (Å²) in [7, 11) is 1.69. The minimum atomic E-state index is 0.880. The molecule has 2 rings (SSSR count). The van der Waals surface area contributed by atoms with Crippen molar-refractivity contribution in [2.75, 3.05) is 12.9 Å². The summed E-state index contributed by atoms with van der Waals surface area (Å²) in [4.78, 5) is 1.24. The summed E-state index contributed by atoms with van der Waals surface area (Å²) in [5, 5.41) is 8.19.